The molecule has 0 saturated heterocycles. The Bertz CT molecular complexity index is 738. The Labute approximate surface area is 158 Å². The number of aliphatic carboxylic acids is 1. The first-order chi connectivity index (χ1) is 12.5. The number of thiophene rings is 1. The van der Waals surface area contributed by atoms with Gasteiger partial charge in [-0.1, -0.05) is 12.1 Å². The van der Waals surface area contributed by atoms with Crippen LogP contribution in [0.1, 0.15) is 23.8 Å². The molecule has 0 bridgehead atoms. The molecule has 0 fully saturated rings. The molecular weight excluding hydrogens is 350 g/mol. The van der Waals surface area contributed by atoms with Crippen molar-refractivity contribution < 1.29 is 19.4 Å². The Morgan fingerprint density at radius 2 is 2.04 bits per heavy atom. The zero-order chi connectivity index (χ0) is 18.9. The van der Waals surface area contributed by atoms with E-state index >= 15 is 0 Å². The van der Waals surface area contributed by atoms with Gasteiger partial charge in [-0.15, -0.1) is 11.3 Å². The molecule has 0 amide bonds. The molecule has 1 aromatic carbocycles. The number of nitrogens with zero attached hydrogens (tertiary/aromatic N) is 1. The van der Waals surface area contributed by atoms with Gasteiger partial charge in [0, 0.05) is 11.4 Å². The predicted octanol–water partition coefficient (Wildman–Crippen LogP) is 4.10. The number of carboxylic acids is 1. The number of rotatable bonds is 10. The van der Waals surface area contributed by atoms with E-state index in [0.29, 0.717) is 24.7 Å². The molecular formula is C20H25NO4S. The lowest BCUT2D eigenvalue weighted by Crippen LogP contribution is -2.15. The number of hydrogen-bond donors (Lipinski definition) is 1. The maximum absolute atomic E-state index is 11.6. The minimum Gasteiger partial charge on any atom is -0.490 e. The second-order valence-electron chi connectivity index (χ2n) is 5.98. The fourth-order valence-electron chi connectivity index (χ4n) is 2.40. The van der Waals surface area contributed by atoms with Gasteiger partial charge in [-0.25, -0.2) is 4.79 Å². The summed E-state index contributed by atoms with van der Waals surface area (Å²) in [6.07, 6.45) is 2.58. The Balaban J connectivity index is 2.20. The molecule has 0 aliphatic carbocycles. The standard InChI is InChI=1S/C20H25NO4S/c1-4-24-18-14-15(8-9-17(18)25-11-6-10-21(2)3)13-16(20(22)23)19-7-5-12-26-19/h5,7-9,12-14H,4,6,10-11H2,1-3H3,(H,22,23)/b16-13-. The topological polar surface area (TPSA) is 59.0 Å². The van der Waals surface area contributed by atoms with E-state index in [-0.39, 0.29) is 5.57 Å². The summed E-state index contributed by atoms with van der Waals surface area (Å²) in [5.41, 5.74) is 1.03. The van der Waals surface area contributed by atoms with Crippen LogP contribution in [0.3, 0.4) is 0 Å². The number of ether oxygens (including phenoxy) is 2. The molecule has 0 radical (unpaired) electrons. The van der Waals surface area contributed by atoms with Gasteiger partial charge in [0.25, 0.3) is 0 Å². The summed E-state index contributed by atoms with van der Waals surface area (Å²) in [6.45, 7) is 3.97. The predicted molar refractivity (Wildman–Crippen MR) is 106 cm³/mol. The third kappa shape index (κ3) is 5.89. The summed E-state index contributed by atoms with van der Waals surface area (Å²) in [4.78, 5) is 14.4. The quantitative estimate of drug-likeness (QED) is 0.500. The molecule has 6 heteroatoms. The van der Waals surface area contributed by atoms with Crippen LogP contribution in [-0.4, -0.2) is 49.8 Å². The van der Waals surface area contributed by atoms with Crippen molar-refractivity contribution >= 4 is 29.0 Å². The number of carbonyl (C=O) groups is 1. The zero-order valence-electron chi connectivity index (χ0n) is 15.4. The molecule has 2 aromatic rings. The first-order valence-corrected chi connectivity index (χ1v) is 9.42. The van der Waals surface area contributed by atoms with E-state index in [1.54, 1.807) is 12.1 Å². The van der Waals surface area contributed by atoms with Crippen molar-refractivity contribution in [3.05, 3.63) is 46.2 Å². The van der Waals surface area contributed by atoms with Crippen LogP contribution in [0.15, 0.2) is 35.7 Å². The molecule has 0 atom stereocenters. The summed E-state index contributed by atoms with van der Waals surface area (Å²) < 4.78 is 11.5. The SMILES string of the molecule is CCOc1cc(/C=C(\C(=O)O)c2cccs2)ccc1OCCCN(C)C. The molecule has 2 rings (SSSR count). The van der Waals surface area contributed by atoms with E-state index in [9.17, 15) is 9.90 Å². The first-order valence-electron chi connectivity index (χ1n) is 8.54. The first kappa shape index (κ1) is 20.0. The molecule has 1 aromatic heterocycles. The highest BCUT2D eigenvalue weighted by Gasteiger charge is 2.13. The van der Waals surface area contributed by atoms with Crippen molar-refractivity contribution in [2.45, 2.75) is 13.3 Å². The molecule has 0 spiro atoms. The van der Waals surface area contributed by atoms with Crippen LogP contribution in [-0.2, 0) is 4.79 Å². The van der Waals surface area contributed by atoms with Crippen molar-refractivity contribution in [2.24, 2.45) is 0 Å². The average molecular weight is 375 g/mol. The van der Waals surface area contributed by atoms with E-state index in [2.05, 4.69) is 4.90 Å². The second-order valence-corrected chi connectivity index (χ2v) is 6.93. The highest BCUT2D eigenvalue weighted by atomic mass is 32.1. The van der Waals surface area contributed by atoms with Gasteiger partial charge in [0.05, 0.1) is 18.8 Å². The normalized spacial score (nSPS) is 11.6. The minimum atomic E-state index is -0.950. The van der Waals surface area contributed by atoms with Gasteiger partial charge >= 0.3 is 5.97 Å². The van der Waals surface area contributed by atoms with Gasteiger partial charge in [0.2, 0.25) is 0 Å². The summed E-state index contributed by atoms with van der Waals surface area (Å²) in [6, 6.07) is 9.14. The third-order valence-electron chi connectivity index (χ3n) is 3.60. The minimum absolute atomic E-state index is 0.266. The van der Waals surface area contributed by atoms with E-state index in [1.807, 2.05) is 50.7 Å². The maximum Gasteiger partial charge on any atom is 0.337 e. The lowest BCUT2D eigenvalue weighted by molar-refractivity contribution is -0.130. The fraction of sp³-hybridized carbons (Fsp3) is 0.350. The zero-order valence-corrected chi connectivity index (χ0v) is 16.2. The van der Waals surface area contributed by atoms with Crippen LogP contribution in [0.2, 0.25) is 0 Å². The Morgan fingerprint density at radius 1 is 1.23 bits per heavy atom. The lowest BCUT2D eigenvalue weighted by Gasteiger charge is -2.14. The van der Waals surface area contributed by atoms with Gasteiger partial charge in [0.15, 0.2) is 11.5 Å². The number of hydrogen-bond acceptors (Lipinski definition) is 5. The van der Waals surface area contributed by atoms with Gasteiger partial charge in [-0.2, -0.15) is 0 Å². The van der Waals surface area contributed by atoms with E-state index in [0.717, 1.165) is 23.4 Å². The highest BCUT2D eigenvalue weighted by Crippen LogP contribution is 2.31. The Kier molecular flexibility index (Phi) is 7.69. The molecule has 0 aliphatic rings. The highest BCUT2D eigenvalue weighted by molar-refractivity contribution is 7.11. The number of benzene rings is 1. The number of carboxylic acid groups (broad SMARTS) is 1. The van der Waals surface area contributed by atoms with Crippen molar-refractivity contribution in [3.8, 4) is 11.5 Å². The largest absolute Gasteiger partial charge is 0.490 e. The molecule has 1 N–H and O–H groups in total. The van der Waals surface area contributed by atoms with Gasteiger partial charge in [0.1, 0.15) is 0 Å². The van der Waals surface area contributed by atoms with Gasteiger partial charge in [-0.05, 0) is 62.7 Å². The van der Waals surface area contributed by atoms with E-state index in [4.69, 9.17) is 9.47 Å². The van der Waals surface area contributed by atoms with Gasteiger partial charge < -0.3 is 19.5 Å². The van der Waals surface area contributed by atoms with Crippen LogP contribution < -0.4 is 9.47 Å². The van der Waals surface area contributed by atoms with E-state index in [1.165, 1.54) is 11.3 Å². The van der Waals surface area contributed by atoms with Crippen molar-refractivity contribution in [2.75, 3.05) is 33.9 Å². The molecule has 1 heterocycles. The maximum atomic E-state index is 11.6. The second kappa shape index (κ2) is 9.99. The van der Waals surface area contributed by atoms with Crippen LogP contribution >= 0.6 is 11.3 Å². The molecule has 5 nitrogen and oxygen atoms in total. The summed E-state index contributed by atoms with van der Waals surface area (Å²) in [5, 5.41) is 11.4. The Morgan fingerprint density at radius 3 is 2.65 bits per heavy atom. The molecule has 0 saturated carbocycles. The molecule has 140 valence electrons. The van der Waals surface area contributed by atoms with Gasteiger partial charge in [-0.3, -0.25) is 0 Å². The summed E-state index contributed by atoms with van der Waals surface area (Å²) in [5.74, 6) is 0.354. The van der Waals surface area contributed by atoms with Crippen LogP contribution in [0.4, 0.5) is 0 Å². The molecule has 0 unspecified atom stereocenters. The monoisotopic (exact) mass is 375 g/mol. The Hall–Kier alpha value is -2.31. The van der Waals surface area contributed by atoms with Crippen molar-refractivity contribution in [1.82, 2.24) is 4.90 Å². The van der Waals surface area contributed by atoms with Crippen molar-refractivity contribution in [1.29, 1.82) is 0 Å². The lowest BCUT2D eigenvalue weighted by atomic mass is 10.1. The third-order valence-corrected chi connectivity index (χ3v) is 4.51. The van der Waals surface area contributed by atoms with Crippen LogP contribution in [0.25, 0.3) is 11.6 Å². The molecule has 26 heavy (non-hydrogen) atoms. The van der Waals surface area contributed by atoms with E-state index < -0.39 is 5.97 Å². The summed E-state index contributed by atoms with van der Waals surface area (Å²) >= 11 is 1.40. The fourth-order valence-corrected chi connectivity index (χ4v) is 3.14. The van der Waals surface area contributed by atoms with Crippen LogP contribution in [0, 0.1) is 0 Å². The summed E-state index contributed by atoms with van der Waals surface area (Å²) in [7, 11) is 4.06. The van der Waals surface area contributed by atoms with Crippen LogP contribution in [0.5, 0.6) is 11.5 Å². The van der Waals surface area contributed by atoms with Crippen molar-refractivity contribution in [3.63, 3.8) is 0 Å². The molecule has 0 aliphatic heterocycles. The average Bonchev–Trinajstić information content (AvgIpc) is 3.12. The smallest absolute Gasteiger partial charge is 0.337 e.